The average molecular weight is 455 g/mol. The van der Waals surface area contributed by atoms with Crippen molar-refractivity contribution in [3.63, 3.8) is 0 Å². The molecule has 0 aromatic carbocycles. The van der Waals surface area contributed by atoms with Gasteiger partial charge in [0.25, 0.3) is 5.91 Å². The molecule has 1 saturated carbocycles. The van der Waals surface area contributed by atoms with Crippen LogP contribution in [0, 0.1) is 12.8 Å². The van der Waals surface area contributed by atoms with Crippen LogP contribution in [0.4, 0.5) is 19.0 Å². The maximum atomic E-state index is 13.6. The first-order valence-electron chi connectivity index (χ1n) is 10.5. The van der Waals surface area contributed by atoms with E-state index in [0.717, 1.165) is 18.9 Å². The number of halogens is 3. The van der Waals surface area contributed by atoms with Crippen LogP contribution < -0.4 is 5.32 Å². The number of rotatable bonds is 4. The lowest BCUT2D eigenvalue weighted by atomic mass is 10.0. The number of hydrogen-bond donors (Lipinski definition) is 1. The van der Waals surface area contributed by atoms with E-state index in [1.165, 1.54) is 6.07 Å². The molecule has 3 aromatic heterocycles. The zero-order valence-corrected chi connectivity index (χ0v) is 17.6. The van der Waals surface area contributed by atoms with Gasteiger partial charge in [0.15, 0.2) is 11.5 Å². The molecule has 1 amide bonds. The van der Waals surface area contributed by atoms with E-state index in [1.54, 1.807) is 29.4 Å². The molecule has 5 rings (SSSR count). The van der Waals surface area contributed by atoms with Crippen molar-refractivity contribution in [2.45, 2.75) is 38.0 Å². The van der Waals surface area contributed by atoms with E-state index < -0.39 is 11.9 Å². The lowest BCUT2D eigenvalue weighted by molar-refractivity contribution is -0.141. The van der Waals surface area contributed by atoms with Gasteiger partial charge in [0.2, 0.25) is 0 Å². The first kappa shape index (κ1) is 21.2. The Morgan fingerprint density at radius 3 is 2.55 bits per heavy atom. The molecule has 1 N–H and O–H groups in total. The van der Waals surface area contributed by atoms with E-state index in [0.29, 0.717) is 35.2 Å². The summed E-state index contributed by atoms with van der Waals surface area (Å²) in [6.07, 6.45) is 0.286. The highest BCUT2D eigenvalue weighted by Gasteiger charge is 2.48. The highest BCUT2D eigenvalue weighted by atomic mass is 19.4. The number of aromatic nitrogens is 5. The highest BCUT2D eigenvalue weighted by Crippen LogP contribution is 2.40. The van der Waals surface area contributed by atoms with Crippen LogP contribution in [0.2, 0.25) is 0 Å². The van der Waals surface area contributed by atoms with Crippen LogP contribution in [0.5, 0.6) is 0 Å². The molecule has 4 heterocycles. The van der Waals surface area contributed by atoms with Gasteiger partial charge in [-0.3, -0.25) is 4.79 Å². The Morgan fingerprint density at radius 2 is 1.88 bits per heavy atom. The number of nitrogens with one attached hydrogen (secondary N) is 1. The molecule has 8 nitrogen and oxygen atoms in total. The lowest BCUT2D eigenvalue weighted by Gasteiger charge is -2.34. The molecular formula is C22H20F3N7O. The van der Waals surface area contributed by atoms with Crippen molar-refractivity contribution >= 4 is 11.7 Å². The SMILES string of the molecule is Cc1ccc(-c2ncccn2)c(C(=O)N2C[C@@H]3C[C@@H](Nc4ccc(C(F)(F)F)nn4)[C@@H]2C3)n1. The van der Waals surface area contributed by atoms with Gasteiger partial charge in [-0.2, -0.15) is 13.2 Å². The van der Waals surface area contributed by atoms with E-state index in [-0.39, 0.29) is 23.8 Å². The van der Waals surface area contributed by atoms with Gasteiger partial charge in [0, 0.05) is 30.7 Å². The standard InChI is InChI=1S/C22H20F3N7O/c1-12-3-4-14(20-26-7-2-8-27-20)19(28-12)21(33)32-11-13-9-15(16(32)10-13)29-18-6-5-17(30-31-18)22(23,24)25/h2-8,13,15-16H,9-11H2,1H3,(H,29,31)/t13-,15-,16+/m1/s1. The van der Waals surface area contributed by atoms with Crippen molar-refractivity contribution in [1.29, 1.82) is 0 Å². The van der Waals surface area contributed by atoms with Gasteiger partial charge in [-0.15, -0.1) is 10.2 Å². The number of likely N-dealkylation sites (tertiary alicyclic amines) is 1. The third-order valence-electron chi connectivity index (χ3n) is 6.07. The molecule has 33 heavy (non-hydrogen) atoms. The predicted octanol–water partition coefficient (Wildman–Crippen LogP) is 3.37. The van der Waals surface area contributed by atoms with Gasteiger partial charge in [-0.25, -0.2) is 15.0 Å². The van der Waals surface area contributed by atoms with Crippen LogP contribution in [0.15, 0.2) is 42.7 Å². The van der Waals surface area contributed by atoms with Gasteiger partial charge < -0.3 is 10.2 Å². The molecule has 3 aromatic rings. The highest BCUT2D eigenvalue weighted by molar-refractivity contribution is 5.98. The van der Waals surface area contributed by atoms with E-state index in [4.69, 9.17) is 0 Å². The summed E-state index contributed by atoms with van der Waals surface area (Å²) in [5.74, 6) is 0.756. The smallest absolute Gasteiger partial charge is 0.364 e. The first-order valence-corrected chi connectivity index (χ1v) is 10.5. The van der Waals surface area contributed by atoms with Crippen molar-refractivity contribution < 1.29 is 18.0 Å². The third-order valence-corrected chi connectivity index (χ3v) is 6.07. The average Bonchev–Trinajstić information content (AvgIpc) is 3.39. The molecule has 1 aliphatic carbocycles. The molecule has 1 saturated heterocycles. The molecule has 0 unspecified atom stereocenters. The first-order chi connectivity index (χ1) is 15.8. The Bertz CT molecular complexity index is 1170. The monoisotopic (exact) mass is 455 g/mol. The molecule has 11 heteroatoms. The fraction of sp³-hybridized carbons (Fsp3) is 0.364. The summed E-state index contributed by atoms with van der Waals surface area (Å²) in [6.45, 7) is 2.42. The van der Waals surface area contributed by atoms with Crippen LogP contribution in [-0.2, 0) is 6.18 Å². The van der Waals surface area contributed by atoms with Crippen molar-refractivity contribution in [2.24, 2.45) is 5.92 Å². The summed E-state index contributed by atoms with van der Waals surface area (Å²) < 4.78 is 38.2. The van der Waals surface area contributed by atoms with Gasteiger partial charge in [-0.05, 0) is 56.0 Å². The number of aryl methyl sites for hydroxylation is 1. The summed E-state index contributed by atoms with van der Waals surface area (Å²) in [5.41, 5.74) is 0.519. The number of alkyl halides is 3. The molecular weight excluding hydrogens is 435 g/mol. The fourth-order valence-corrected chi connectivity index (χ4v) is 4.64. The molecule has 0 spiro atoms. The number of piperidine rings is 1. The summed E-state index contributed by atoms with van der Waals surface area (Å²) in [4.78, 5) is 28.4. The lowest BCUT2D eigenvalue weighted by Crippen LogP contribution is -2.48. The quantitative estimate of drug-likeness (QED) is 0.644. The van der Waals surface area contributed by atoms with Crippen molar-refractivity contribution in [2.75, 3.05) is 11.9 Å². The molecule has 0 radical (unpaired) electrons. The topological polar surface area (TPSA) is 96.8 Å². The Morgan fingerprint density at radius 1 is 1.09 bits per heavy atom. The van der Waals surface area contributed by atoms with Crippen LogP contribution in [0.1, 0.15) is 34.7 Å². The number of carbonyl (C=O) groups is 1. The molecule has 3 atom stereocenters. The number of pyridine rings is 1. The van der Waals surface area contributed by atoms with Gasteiger partial charge in [-0.1, -0.05) is 0 Å². The van der Waals surface area contributed by atoms with E-state index in [1.807, 2.05) is 13.0 Å². The van der Waals surface area contributed by atoms with Crippen molar-refractivity contribution in [3.05, 3.63) is 59.8 Å². The Labute approximate surface area is 187 Å². The minimum Gasteiger partial charge on any atom is -0.364 e. The zero-order chi connectivity index (χ0) is 23.2. The maximum Gasteiger partial charge on any atom is 0.435 e. The molecule has 170 valence electrons. The maximum absolute atomic E-state index is 13.6. The Balaban J connectivity index is 1.37. The van der Waals surface area contributed by atoms with Crippen molar-refractivity contribution in [3.8, 4) is 11.4 Å². The van der Waals surface area contributed by atoms with E-state index in [9.17, 15) is 18.0 Å². The molecule has 2 fully saturated rings. The summed E-state index contributed by atoms with van der Waals surface area (Å²) in [5, 5.41) is 10.1. The molecule has 2 aliphatic rings. The van der Waals surface area contributed by atoms with Crippen molar-refractivity contribution in [1.82, 2.24) is 30.0 Å². The van der Waals surface area contributed by atoms with E-state index in [2.05, 4.69) is 30.5 Å². The zero-order valence-electron chi connectivity index (χ0n) is 17.6. The van der Waals surface area contributed by atoms with E-state index >= 15 is 0 Å². The number of nitrogens with zero attached hydrogens (tertiary/aromatic N) is 6. The molecule has 1 aliphatic heterocycles. The van der Waals surface area contributed by atoms with Crippen LogP contribution >= 0.6 is 0 Å². The number of anilines is 1. The summed E-state index contributed by atoms with van der Waals surface area (Å²) in [7, 11) is 0. The van der Waals surface area contributed by atoms with Gasteiger partial charge in [0.05, 0.1) is 11.6 Å². The number of fused-ring (bicyclic) bond motifs is 2. The Kier molecular flexibility index (Phi) is 5.18. The normalized spacial score (nSPS) is 21.9. The van der Waals surface area contributed by atoms with Gasteiger partial charge in [0.1, 0.15) is 11.5 Å². The van der Waals surface area contributed by atoms with Crippen LogP contribution in [0.25, 0.3) is 11.4 Å². The fourth-order valence-electron chi connectivity index (χ4n) is 4.64. The second kappa shape index (κ2) is 8.05. The van der Waals surface area contributed by atoms with Crippen LogP contribution in [0.3, 0.4) is 0 Å². The summed E-state index contributed by atoms with van der Waals surface area (Å²) >= 11 is 0. The second-order valence-electron chi connectivity index (χ2n) is 8.34. The minimum atomic E-state index is -4.54. The minimum absolute atomic E-state index is 0.126. The number of carbonyl (C=O) groups excluding carboxylic acids is 1. The number of amides is 1. The Hall–Kier alpha value is -3.63. The predicted molar refractivity (Wildman–Crippen MR) is 112 cm³/mol. The number of hydrogen-bond acceptors (Lipinski definition) is 7. The third kappa shape index (κ3) is 4.10. The molecule has 2 bridgehead atoms. The second-order valence-corrected chi connectivity index (χ2v) is 8.34. The van der Waals surface area contributed by atoms with Gasteiger partial charge >= 0.3 is 6.18 Å². The summed E-state index contributed by atoms with van der Waals surface area (Å²) in [6, 6.07) is 7.21. The largest absolute Gasteiger partial charge is 0.435 e. The van der Waals surface area contributed by atoms with Crippen LogP contribution in [-0.4, -0.2) is 54.6 Å².